The van der Waals surface area contributed by atoms with Crippen LogP contribution in [-0.2, 0) is 13.6 Å². The summed E-state index contributed by atoms with van der Waals surface area (Å²) in [5.74, 6) is 0.506. The van der Waals surface area contributed by atoms with Crippen molar-refractivity contribution in [2.24, 2.45) is 18.1 Å². The molecule has 3 N–H and O–H groups in total. The number of aromatic nitrogens is 2. The van der Waals surface area contributed by atoms with Crippen molar-refractivity contribution < 1.29 is 4.79 Å². The summed E-state index contributed by atoms with van der Waals surface area (Å²) in [6.07, 6.45) is 5.78. The number of carbonyl (C=O) groups is 1. The van der Waals surface area contributed by atoms with Crippen LogP contribution >= 0.6 is 11.6 Å². The Kier molecular flexibility index (Phi) is 5.81. The smallest absolute Gasteiger partial charge is 0.271 e. The molecule has 0 spiro atoms. The SMILES string of the molecule is Cn1cnc(C(=O)NCc2ccc(-c3ccc(NCC4CC4)c(N=N)c3Cl)cc2)c1. The highest BCUT2D eigenvalue weighted by Crippen LogP contribution is 2.41. The van der Waals surface area contributed by atoms with Crippen LogP contribution < -0.4 is 10.6 Å². The van der Waals surface area contributed by atoms with Gasteiger partial charge in [0.2, 0.25) is 0 Å². The number of hydrogen-bond acceptors (Lipinski definition) is 5. The van der Waals surface area contributed by atoms with Gasteiger partial charge in [-0.15, -0.1) is 0 Å². The summed E-state index contributed by atoms with van der Waals surface area (Å²) in [5, 5.41) is 10.3. The fourth-order valence-electron chi connectivity index (χ4n) is 3.22. The molecule has 0 aliphatic heterocycles. The predicted octanol–water partition coefficient (Wildman–Crippen LogP) is 5.15. The highest BCUT2D eigenvalue weighted by atomic mass is 35.5. The molecule has 0 radical (unpaired) electrons. The number of rotatable bonds is 8. The first-order valence-electron chi connectivity index (χ1n) is 9.84. The number of nitrogens with zero attached hydrogens (tertiary/aromatic N) is 3. The molecule has 7 nitrogen and oxygen atoms in total. The largest absolute Gasteiger partial charge is 0.383 e. The number of halogens is 1. The normalized spacial score (nSPS) is 13.1. The molecule has 30 heavy (non-hydrogen) atoms. The number of nitrogens with one attached hydrogen (secondary N) is 3. The van der Waals surface area contributed by atoms with Crippen LogP contribution in [0.25, 0.3) is 11.1 Å². The zero-order chi connectivity index (χ0) is 21.1. The van der Waals surface area contributed by atoms with E-state index < -0.39 is 0 Å². The lowest BCUT2D eigenvalue weighted by Crippen LogP contribution is -2.23. The summed E-state index contributed by atoms with van der Waals surface area (Å²) in [6, 6.07) is 11.7. The Labute approximate surface area is 180 Å². The van der Waals surface area contributed by atoms with Crippen LogP contribution in [0.2, 0.25) is 5.02 Å². The van der Waals surface area contributed by atoms with Crippen LogP contribution in [-0.4, -0.2) is 22.0 Å². The van der Waals surface area contributed by atoms with E-state index in [2.05, 4.69) is 20.7 Å². The van der Waals surface area contributed by atoms with Gasteiger partial charge in [0.15, 0.2) is 0 Å². The third-order valence-corrected chi connectivity index (χ3v) is 5.54. The second-order valence-corrected chi connectivity index (χ2v) is 7.94. The fraction of sp³-hybridized carbons (Fsp3) is 0.273. The summed E-state index contributed by atoms with van der Waals surface area (Å²) in [6.45, 7) is 1.29. The van der Waals surface area contributed by atoms with E-state index in [1.165, 1.54) is 12.8 Å². The van der Waals surface area contributed by atoms with Gasteiger partial charge >= 0.3 is 0 Å². The second-order valence-electron chi connectivity index (χ2n) is 7.56. The van der Waals surface area contributed by atoms with Crippen molar-refractivity contribution in [2.75, 3.05) is 11.9 Å². The Hall–Kier alpha value is -3.19. The third-order valence-electron chi connectivity index (χ3n) is 5.16. The molecule has 1 amide bonds. The van der Waals surface area contributed by atoms with Crippen LogP contribution in [0.3, 0.4) is 0 Å². The van der Waals surface area contributed by atoms with E-state index in [1.54, 1.807) is 17.1 Å². The van der Waals surface area contributed by atoms with E-state index in [1.807, 2.05) is 43.4 Å². The summed E-state index contributed by atoms with van der Waals surface area (Å²) >= 11 is 6.57. The van der Waals surface area contributed by atoms with Crippen LogP contribution in [0, 0.1) is 11.4 Å². The Morgan fingerprint density at radius 1 is 1.27 bits per heavy atom. The van der Waals surface area contributed by atoms with Crippen molar-refractivity contribution in [2.45, 2.75) is 19.4 Å². The summed E-state index contributed by atoms with van der Waals surface area (Å²) < 4.78 is 1.73. The van der Waals surface area contributed by atoms with E-state index >= 15 is 0 Å². The number of imidazole rings is 1. The molecule has 1 saturated carbocycles. The van der Waals surface area contributed by atoms with Gasteiger partial charge in [0.05, 0.1) is 17.0 Å². The maximum atomic E-state index is 12.1. The first-order chi connectivity index (χ1) is 14.5. The topological polar surface area (TPSA) is 95.2 Å². The molecule has 3 aromatic rings. The molecule has 1 aliphatic rings. The molecular formula is C22H23ClN6O. The van der Waals surface area contributed by atoms with Gasteiger partial charge in [-0.25, -0.2) is 10.5 Å². The summed E-state index contributed by atoms with van der Waals surface area (Å²) in [7, 11) is 1.82. The van der Waals surface area contributed by atoms with E-state index in [9.17, 15) is 4.79 Å². The van der Waals surface area contributed by atoms with Crippen LogP contribution in [0.1, 0.15) is 28.9 Å². The predicted molar refractivity (Wildman–Crippen MR) is 117 cm³/mol. The molecule has 2 aromatic carbocycles. The van der Waals surface area contributed by atoms with Crippen molar-refractivity contribution in [3.8, 4) is 11.1 Å². The van der Waals surface area contributed by atoms with E-state index in [4.69, 9.17) is 17.1 Å². The second kappa shape index (κ2) is 8.67. The number of carbonyl (C=O) groups excluding carboxylic acids is 1. The molecule has 0 atom stereocenters. The first-order valence-corrected chi connectivity index (χ1v) is 10.2. The number of aryl methyl sites for hydroxylation is 1. The monoisotopic (exact) mass is 422 g/mol. The van der Waals surface area contributed by atoms with Crippen molar-refractivity contribution in [3.63, 3.8) is 0 Å². The molecule has 1 fully saturated rings. The number of hydrogen-bond donors (Lipinski definition) is 3. The highest BCUT2D eigenvalue weighted by Gasteiger charge is 2.22. The van der Waals surface area contributed by atoms with Gasteiger partial charge in [-0.2, -0.15) is 5.11 Å². The van der Waals surface area contributed by atoms with Crippen molar-refractivity contribution in [1.29, 1.82) is 5.53 Å². The van der Waals surface area contributed by atoms with Gasteiger partial charge in [0.1, 0.15) is 11.4 Å². The van der Waals surface area contributed by atoms with E-state index in [0.717, 1.165) is 28.9 Å². The molecule has 0 unspecified atom stereocenters. The van der Waals surface area contributed by atoms with Gasteiger partial charge in [0.25, 0.3) is 5.91 Å². The average molecular weight is 423 g/mol. The maximum absolute atomic E-state index is 12.1. The molecule has 0 bridgehead atoms. The van der Waals surface area contributed by atoms with Crippen molar-refractivity contribution >= 4 is 28.9 Å². The maximum Gasteiger partial charge on any atom is 0.271 e. The lowest BCUT2D eigenvalue weighted by Gasteiger charge is -2.13. The molecule has 1 aliphatic carbocycles. The van der Waals surface area contributed by atoms with Gasteiger partial charge in [-0.05, 0) is 36.0 Å². The number of benzene rings is 2. The van der Waals surface area contributed by atoms with E-state index in [-0.39, 0.29) is 5.91 Å². The number of amides is 1. The highest BCUT2D eigenvalue weighted by molar-refractivity contribution is 6.36. The third kappa shape index (κ3) is 4.52. The summed E-state index contributed by atoms with van der Waals surface area (Å²) in [5.41, 5.74) is 11.9. The molecule has 154 valence electrons. The van der Waals surface area contributed by atoms with Gasteiger partial charge in [-0.3, -0.25) is 4.79 Å². The van der Waals surface area contributed by atoms with Crippen LogP contribution in [0.15, 0.2) is 54.0 Å². The lowest BCUT2D eigenvalue weighted by molar-refractivity contribution is 0.0946. The van der Waals surface area contributed by atoms with Gasteiger partial charge in [0, 0.05) is 31.9 Å². The molecular weight excluding hydrogens is 400 g/mol. The Morgan fingerprint density at radius 3 is 2.67 bits per heavy atom. The minimum Gasteiger partial charge on any atom is -0.383 e. The van der Waals surface area contributed by atoms with E-state index in [0.29, 0.717) is 28.9 Å². The molecule has 0 saturated heterocycles. The lowest BCUT2D eigenvalue weighted by atomic mass is 10.0. The fourth-order valence-corrected chi connectivity index (χ4v) is 3.54. The first kappa shape index (κ1) is 20.1. The van der Waals surface area contributed by atoms with Gasteiger partial charge < -0.3 is 15.2 Å². The Balaban J connectivity index is 1.45. The molecule has 1 heterocycles. The van der Waals surface area contributed by atoms with Crippen molar-refractivity contribution in [3.05, 3.63) is 65.2 Å². The average Bonchev–Trinajstić information content (AvgIpc) is 3.49. The molecule has 8 heteroatoms. The Bertz CT molecular complexity index is 1070. The quantitative estimate of drug-likeness (QED) is 0.438. The van der Waals surface area contributed by atoms with Crippen LogP contribution in [0.4, 0.5) is 11.4 Å². The molecule has 4 rings (SSSR count). The van der Waals surface area contributed by atoms with Gasteiger partial charge in [-0.1, -0.05) is 41.9 Å². The molecule has 1 aromatic heterocycles. The minimum atomic E-state index is -0.210. The van der Waals surface area contributed by atoms with Crippen LogP contribution in [0.5, 0.6) is 0 Å². The summed E-state index contributed by atoms with van der Waals surface area (Å²) in [4.78, 5) is 16.2. The number of anilines is 1. The van der Waals surface area contributed by atoms with Crippen molar-refractivity contribution in [1.82, 2.24) is 14.9 Å². The standard InChI is InChI=1S/C22H23ClN6O/c1-29-12-19(27-13-29)22(30)26-11-15-4-6-16(7-5-15)17-8-9-18(21(28-24)20(17)23)25-10-14-2-3-14/h4-9,12-14,24-25H,2-3,10-11H2,1H3,(H,26,30). The minimum absolute atomic E-state index is 0.210. The Morgan fingerprint density at radius 2 is 2.03 bits per heavy atom. The zero-order valence-corrected chi connectivity index (χ0v) is 17.4. The zero-order valence-electron chi connectivity index (χ0n) is 16.7.